The number of anilines is 2. The Morgan fingerprint density at radius 2 is 1.57 bits per heavy atom. The van der Waals surface area contributed by atoms with Gasteiger partial charge in [0, 0.05) is 26.0 Å². The minimum atomic E-state index is -3.80. The number of aliphatic imine (C=N–C) groups is 1. The van der Waals surface area contributed by atoms with E-state index >= 15 is 0 Å². The molecule has 0 saturated heterocycles. The summed E-state index contributed by atoms with van der Waals surface area (Å²) in [5, 5.41) is 0.504. The van der Waals surface area contributed by atoms with Crippen LogP contribution in [0.15, 0.2) is 70.6 Å². The van der Waals surface area contributed by atoms with E-state index in [1.807, 2.05) is 50.2 Å². The van der Waals surface area contributed by atoms with E-state index in [9.17, 15) is 8.42 Å². The predicted octanol–water partition coefficient (Wildman–Crippen LogP) is 5.92. The second-order valence-corrected chi connectivity index (χ2v) is 9.44. The molecule has 0 aliphatic rings. The molecule has 0 aliphatic carbocycles. The molecule has 0 aromatic heterocycles. The first-order valence-corrected chi connectivity index (χ1v) is 11.3. The molecule has 0 amide bonds. The van der Waals surface area contributed by atoms with E-state index in [0.717, 1.165) is 16.8 Å². The van der Waals surface area contributed by atoms with E-state index < -0.39 is 10.0 Å². The van der Waals surface area contributed by atoms with Crippen LogP contribution >= 0.6 is 23.2 Å². The van der Waals surface area contributed by atoms with Crippen molar-refractivity contribution in [2.75, 3.05) is 23.7 Å². The summed E-state index contributed by atoms with van der Waals surface area (Å²) in [4.78, 5) is 6.55. The largest absolute Gasteiger partial charge is 0.378 e. The molecule has 3 aromatic rings. The third-order valence-corrected chi connectivity index (χ3v) is 6.37. The molecule has 0 bridgehead atoms. The molecule has 0 atom stereocenters. The Morgan fingerprint density at radius 1 is 0.933 bits per heavy atom. The van der Waals surface area contributed by atoms with E-state index in [2.05, 4.69) is 9.71 Å². The number of benzene rings is 3. The van der Waals surface area contributed by atoms with Crippen LogP contribution in [-0.4, -0.2) is 28.7 Å². The summed E-state index contributed by atoms with van der Waals surface area (Å²) in [6.45, 7) is 1.89. The lowest BCUT2D eigenvalue weighted by atomic mass is 10.2. The molecule has 0 fully saturated rings. The normalized spacial score (nSPS) is 11.6. The average Bonchev–Trinajstić information content (AvgIpc) is 2.69. The van der Waals surface area contributed by atoms with Gasteiger partial charge < -0.3 is 4.90 Å². The molecule has 5 nitrogen and oxygen atoms in total. The van der Waals surface area contributed by atoms with Crippen molar-refractivity contribution in [3.63, 3.8) is 0 Å². The van der Waals surface area contributed by atoms with Gasteiger partial charge in [0.15, 0.2) is 0 Å². The second kappa shape index (κ2) is 9.08. The quantitative estimate of drug-likeness (QED) is 0.463. The number of nitrogens with one attached hydrogen (secondary N) is 1. The Hall–Kier alpha value is -2.54. The zero-order valence-corrected chi connectivity index (χ0v) is 19.1. The van der Waals surface area contributed by atoms with E-state index in [1.54, 1.807) is 18.3 Å². The van der Waals surface area contributed by atoms with Crippen molar-refractivity contribution < 1.29 is 8.42 Å². The summed E-state index contributed by atoms with van der Waals surface area (Å²) < 4.78 is 27.9. The van der Waals surface area contributed by atoms with Crippen molar-refractivity contribution in [1.82, 2.24) is 0 Å². The van der Waals surface area contributed by atoms with Gasteiger partial charge in [0.1, 0.15) is 0 Å². The molecule has 1 N–H and O–H groups in total. The highest BCUT2D eigenvalue weighted by Crippen LogP contribution is 2.35. The van der Waals surface area contributed by atoms with Crippen molar-refractivity contribution in [2.45, 2.75) is 11.8 Å². The van der Waals surface area contributed by atoms with Crippen LogP contribution in [0.4, 0.5) is 17.1 Å². The Morgan fingerprint density at radius 3 is 2.17 bits per heavy atom. The SMILES string of the molecule is Cc1ccc(S(=O)(=O)Nc2cc(N=Cc3ccc(N(C)C)cc3)c(Cl)cc2Cl)cc1. The first-order chi connectivity index (χ1) is 14.2. The van der Waals surface area contributed by atoms with Crippen molar-refractivity contribution in [1.29, 1.82) is 0 Å². The lowest BCUT2D eigenvalue weighted by Crippen LogP contribution is -2.13. The molecule has 0 heterocycles. The summed E-state index contributed by atoms with van der Waals surface area (Å²) in [5.41, 5.74) is 3.53. The lowest BCUT2D eigenvalue weighted by molar-refractivity contribution is 0.601. The number of halogens is 2. The summed E-state index contributed by atoms with van der Waals surface area (Å²) in [6.07, 6.45) is 1.66. The zero-order chi connectivity index (χ0) is 21.9. The molecular formula is C22H21Cl2N3O2S. The van der Waals surface area contributed by atoms with Gasteiger partial charge in [-0.3, -0.25) is 9.71 Å². The Balaban J connectivity index is 1.87. The van der Waals surface area contributed by atoms with E-state index in [1.165, 1.54) is 24.3 Å². The molecule has 0 radical (unpaired) electrons. The molecule has 0 spiro atoms. The van der Waals surface area contributed by atoms with Crippen molar-refractivity contribution in [3.8, 4) is 0 Å². The predicted molar refractivity (Wildman–Crippen MR) is 126 cm³/mol. The van der Waals surface area contributed by atoms with Crippen LogP contribution in [0.2, 0.25) is 10.0 Å². The maximum absolute atomic E-state index is 12.7. The number of aryl methyl sites for hydroxylation is 1. The van der Waals surface area contributed by atoms with Gasteiger partial charge in [-0.15, -0.1) is 0 Å². The van der Waals surface area contributed by atoms with Crippen LogP contribution in [0.5, 0.6) is 0 Å². The van der Waals surface area contributed by atoms with Crippen molar-refractivity contribution in [2.24, 2.45) is 4.99 Å². The lowest BCUT2D eigenvalue weighted by Gasteiger charge is -2.12. The topological polar surface area (TPSA) is 61.8 Å². The fourth-order valence-electron chi connectivity index (χ4n) is 2.64. The highest BCUT2D eigenvalue weighted by atomic mass is 35.5. The Labute approximate surface area is 187 Å². The summed E-state index contributed by atoms with van der Waals surface area (Å²) in [6, 6.07) is 17.4. The van der Waals surface area contributed by atoms with Gasteiger partial charge in [0.05, 0.1) is 26.3 Å². The smallest absolute Gasteiger partial charge is 0.261 e. The Bertz CT molecular complexity index is 1170. The highest BCUT2D eigenvalue weighted by Gasteiger charge is 2.17. The summed E-state index contributed by atoms with van der Waals surface area (Å²) in [7, 11) is 0.140. The first-order valence-electron chi connectivity index (χ1n) is 9.06. The van der Waals surface area contributed by atoms with Crippen LogP contribution in [0, 0.1) is 6.92 Å². The molecule has 3 aromatic carbocycles. The van der Waals surface area contributed by atoms with Crippen molar-refractivity contribution >= 4 is 56.5 Å². The van der Waals surface area contributed by atoms with Crippen LogP contribution in [0.1, 0.15) is 11.1 Å². The first kappa shape index (κ1) is 22.2. The average molecular weight is 462 g/mol. The van der Waals surface area contributed by atoms with Crippen LogP contribution < -0.4 is 9.62 Å². The summed E-state index contributed by atoms with van der Waals surface area (Å²) in [5.74, 6) is 0. The standard InChI is InChI=1S/C22H21Cl2N3O2S/c1-15-4-10-18(11-5-15)30(28,29)26-22-13-21(19(23)12-20(22)24)25-14-16-6-8-17(9-7-16)27(2)3/h4-14,26H,1-3H3. The zero-order valence-electron chi connectivity index (χ0n) is 16.7. The van der Waals surface area contributed by atoms with Crippen LogP contribution in [0.3, 0.4) is 0 Å². The Kier molecular flexibility index (Phi) is 6.71. The monoisotopic (exact) mass is 461 g/mol. The maximum atomic E-state index is 12.7. The fourth-order valence-corrected chi connectivity index (χ4v) is 4.24. The third-order valence-electron chi connectivity index (χ3n) is 4.37. The van der Waals surface area contributed by atoms with Gasteiger partial charge in [-0.2, -0.15) is 0 Å². The van der Waals surface area contributed by atoms with Gasteiger partial charge in [0.25, 0.3) is 10.0 Å². The maximum Gasteiger partial charge on any atom is 0.261 e. The minimum Gasteiger partial charge on any atom is -0.378 e. The molecule has 156 valence electrons. The molecule has 8 heteroatoms. The number of sulfonamides is 1. The second-order valence-electron chi connectivity index (χ2n) is 6.95. The third kappa shape index (κ3) is 5.33. The van der Waals surface area contributed by atoms with Gasteiger partial charge in [-0.1, -0.05) is 53.0 Å². The summed E-state index contributed by atoms with van der Waals surface area (Å²) >= 11 is 12.5. The van der Waals surface area contributed by atoms with Gasteiger partial charge >= 0.3 is 0 Å². The van der Waals surface area contributed by atoms with Crippen molar-refractivity contribution in [3.05, 3.63) is 81.8 Å². The highest BCUT2D eigenvalue weighted by molar-refractivity contribution is 7.92. The van der Waals surface area contributed by atoms with Crippen LogP contribution in [0.25, 0.3) is 0 Å². The number of nitrogens with zero attached hydrogens (tertiary/aromatic N) is 2. The molecular weight excluding hydrogens is 441 g/mol. The molecule has 30 heavy (non-hydrogen) atoms. The number of rotatable bonds is 6. The number of hydrogen-bond donors (Lipinski definition) is 1. The van der Waals surface area contributed by atoms with E-state index in [-0.39, 0.29) is 15.6 Å². The fraction of sp³-hybridized carbons (Fsp3) is 0.136. The molecule has 3 rings (SSSR count). The van der Waals surface area contributed by atoms with Gasteiger partial charge in [0.2, 0.25) is 0 Å². The molecule has 0 saturated carbocycles. The van der Waals surface area contributed by atoms with Gasteiger partial charge in [-0.05, 0) is 48.9 Å². The van der Waals surface area contributed by atoms with E-state index in [4.69, 9.17) is 23.2 Å². The molecule has 0 unspecified atom stereocenters. The van der Waals surface area contributed by atoms with Crippen LogP contribution in [-0.2, 0) is 10.0 Å². The van der Waals surface area contributed by atoms with Gasteiger partial charge in [-0.25, -0.2) is 8.42 Å². The molecule has 0 aliphatic heterocycles. The van der Waals surface area contributed by atoms with E-state index in [0.29, 0.717) is 10.7 Å². The minimum absolute atomic E-state index is 0.144. The number of hydrogen-bond acceptors (Lipinski definition) is 4.